The van der Waals surface area contributed by atoms with Gasteiger partial charge in [-0.25, -0.2) is 4.98 Å². The predicted molar refractivity (Wildman–Crippen MR) is 110 cm³/mol. The van der Waals surface area contributed by atoms with Crippen molar-refractivity contribution < 1.29 is 14.3 Å². The van der Waals surface area contributed by atoms with Crippen molar-refractivity contribution >= 4 is 46.4 Å². The number of carbonyl (C=O) groups is 2. The Hall–Kier alpha value is -2.61. The number of halogens is 2. The van der Waals surface area contributed by atoms with Gasteiger partial charge in [-0.1, -0.05) is 35.3 Å². The molecule has 3 aromatic rings. The van der Waals surface area contributed by atoms with Gasteiger partial charge in [-0.2, -0.15) is 0 Å². The average molecular weight is 436 g/mol. The number of rotatable bonds is 5. The third-order valence-corrected chi connectivity index (χ3v) is 5.13. The number of thiazole rings is 1. The van der Waals surface area contributed by atoms with Crippen molar-refractivity contribution in [2.75, 3.05) is 7.11 Å². The van der Waals surface area contributed by atoms with E-state index < -0.39 is 11.8 Å². The molecule has 1 aromatic heterocycles. The summed E-state index contributed by atoms with van der Waals surface area (Å²) >= 11 is 13.2. The summed E-state index contributed by atoms with van der Waals surface area (Å²) in [7, 11) is 1.44. The van der Waals surface area contributed by atoms with E-state index >= 15 is 0 Å². The van der Waals surface area contributed by atoms with Crippen LogP contribution in [0, 0.1) is 0 Å². The van der Waals surface area contributed by atoms with Gasteiger partial charge in [0.2, 0.25) is 5.91 Å². The molecule has 144 valence electrons. The molecular formula is C19H15Cl2N3O3S. The number of aromatic nitrogens is 1. The van der Waals surface area contributed by atoms with Crippen LogP contribution in [0.25, 0.3) is 10.6 Å². The lowest BCUT2D eigenvalue weighted by Gasteiger charge is -2.10. The number of benzene rings is 2. The largest absolute Gasteiger partial charge is 0.496 e. The van der Waals surface area contributed by atoms with Crippen molar-refractivity contribution in [3.63, 3.8) is 0 Å². The summed E-state index contributed by atoms with van der Waals surface area (Å²) in [5, 5.41) is 3.61. The van der Waals surface area contributed by atoms with Crippen LogP contribution in [0.1, 0.15) is 16.1 Å². The zero-order chi connectivity index (χ0) is 20.1. The molecule has 0 atom stereocenters. The Bertz CT molecular complexity index is 1010. The lowest BCUT2D eigenvalue weighted by Crippen LogP contribution is -2.42. The second-order valence-electron chi connectivity index (χ2n) is 5.67. The van der Waals surface area contributed by atoms with Crippen LogP contribution in [0.3, 0.4) is 0 Å². The van der Waals surface area contributed by atoms with Crippen LogP contribution >= 0.6 is 34.5 Å². The number of hydrogen-bond donors (Lipinski definition) is 2. The highest BCUT2D eigenvalue weighted by Gasteiger charge is 2.15. The van der Waals surface area contributed by atoms with E-state index in [4.69, 9.17) is 27.9 Å². The molecule has 0 bridgehead atoms. The van der Waals surface area contributed by atoms with E-state index in [0.717, 1.165) is 10.6 Å². The lowest BCUT2D eigenvalue weighted by molar-refractivity contribution is -0.121. The first-order valence-electron chi connectivity index (χ1n) is 8.09. The van der Waals surface area contributed by atoms with Gasteiger partial charge >= 0.3 is 0 Å². The molecule has 3 rings (SSSR count). The number of methoxy groups -OCH3 is 1. The Balaban J connectivity index is 1.58. The normalized spacial score (nSPS) is 10.4. The Labute approximate surface area is 175 Å². The highest BCUT2D eigenvalue weighted by Crippen LogP contribution is 2.25. The quantitative estimate of drug-likeness (QED) is 0.590. The Morgan fingerprint density at radius 2 is 1.79 bits per heavy atom. The molecule has 28 heavy (non-hydrogen) atoms. The third-order valence-electron chi connectivity index (χ3n) is 3.71. The fourth-order valence-electron chi connectivity index (χ4n) is 2.37. The number of ether oxygens (including phenoxy) is 1. The van der Waals surface area contributed by atoms with Crippen LogP contribution in [0.4, 0.5) is 0 Å². The number of hydrogen-bond acceptors (Lipinski definition) is 5. The highest BCUT2D eigenvalue weighted by molar-refractivity contribution is 7.13. The zero-order valence-electron chi connectivity index (χ0n) is 14.7. The topological polar surface area (TPSA) is 80.3 Å². The highest BCUT2D eigenvalue weighted by atomic mass is 35.5. The van der Waals surface area contributed by atoms with Crippen molar-refractivity contribution in [2.45, 2.75) is 6.42 Å². The lowest BCUT2D eigenvalue weighted by atomic mass is 10.2. The second-order valence-corrected chi connectivity index (χ2v) is 7.41. The van der Waals surface area contributed by atoms with E-state index in [2.05, 4.69) is 15.8 Å². The summed E-state index contributed by atoms with van der Waals surface area (Å²) in [6.45, 7) is 0. The minimum Gasteiger partial charge on any atom is -0.496 e. The number of nitrogens with one attached hydrogen (secondary N) is 2. The monoisotopic (exact) mass is 435 g/mol. The second kappa shape index (κ2) is 9.05. The molecule has 9 heteroatoms. The van der Waals surface area contributed by atoms with Crippen LogP contribution in [0.15, 0.2) is 47.8 Å². The first-order valence-corrected chi connectivity index (χ1v) is 9.73. The molecule has 0 radical (unpaired) electrons. The van der Waals surface area contributed by atoms with Gasteiger partial charge in [-0.15, -0.1) is 11.3 Å². The smallest absolute Gasteiger partial charge is 0.273 e. The molecule has 0 aliphatic carbocycles. The molecule has 0 saturated carbocycles. The maximum Gasteiger partial charge on any atom is 0.273 e. The molecule has 1 heterocycles. The summed E-state index contributed by atoms with van der Waals surface area (Å²) in [5.41, 5.74) is 6.45. The third kappa shape index (κ3) is 5.01. The van der Waals surface area contributed by atoms with E-state index in [9.17, 15) is 9.59 Å². The van der Waals surface area contributed by atoms with Crippen molar-refractivity contribution in [2.24, 2.45) is 0 Å². The van der Waals surface area contributed by atoms with Gasteiger partial charge in [0.05, 0.1) is 24.8 Å². The van der Waals surface area contributed by atoms with Crippen molar-refractivity contribution in [3.05, 3.63) is 69.1 Å². The molecular weight excluding hydrogens is 421 g/mol. The Kier molecular flexibility index (Phi) is 6.51. The van der Waals surface area contributed by atoms with Gasteiger partial charge in [0.1, 0.15) is 10.8 Å². The van der Waals surface area contributed by atoms with Gasteiger partial charge < -0.3 is 4.74 Å². The van der Waals surface area contributed by atoms with Crippen molar-refractivity contribution in [1.29, 1.82) is 0 Å². The molecule has 0 unspecified atom stereocenters. The summed E-state index contributed by atoms with van der Waals surface area (Å²) in [6, 6.07) is 11.9. The van der Waals surface area contributed by atoms with E-state index in [-0.39, 0.29) is 12.0 Å². The van der Waals surface area contributed by atoms with Crippen molar-refractivity contribution in [3.8, 4) is 16.3 Å². The van der Waals surface area contributed by atoms with Crippen LogP contribution in [-0.2, 0) is 11.2 Å². The van der Waals surface area contributed by atoms with Gasteiger partial charge in [-0.3, -0.25) is 20.4 Å². The van der Waals surface area contributed by atoms with Crippen LogP contribution in [0.2, 0.25) is 10.0 Å². The Morgan fingerprint density at radius 1 is 1.07 bits per heavy atom. The van der Waals surface area contributed by atoms with Crippen LogP contribution in [-0.4, -0.2) is 23.9 Å². The van der Waals surface area contributed by atoms with Crippen LogP contribution in [0.5, 0.6) is 5.75 Å². The SMILES string of the molecule is COc1ccc(Cl)cc1C(=O)NNC(=O)Cc1csc(-c2ccc(Cl)cc2)n1. The maximum absolute atomic E-state index is 12.3. The summed E-state index contributed by atoms with van der Waals surface area (Å²) in [4.78, 5) is 28.8. The standard InChI is InChI=1S/C19H15Cl2N3O3S/c1-27-16-7-6-13(21)8-15(16)18(26)24-23-17(25)9-14-10-28-19(22-14)11-2-4-12(20)5-3-11/h2-8,10H,9H2,1H3,(H,23,25)(H,24,26). The fourth-order valence-corrected chi connectivity index (χ4v) is 3.50. The zero-order valence-corrected chi connectivity index (χ0v) is 17.0. The molecule has 6 nitrogen and oxygen atoms in total. The van der Waals surface area contributed by atoms with Crippen molar-refractivity contribution in [1.82, 2.24) is 15.8 Å². The van der Waals surface area contributed by atoms with Gasteiger partial charge in [0.25, 0.3) is 5.91 Å². The van der Waals surface area contributed by atoms with Gasteiger partial charge in [0.15, 0.2) is 0 Å². The predicted octanol–water partition coefficient (Wildman–Crippen LogP) is 4.13. The molecule has 2 N–H and O–H groups in total. The molecule has 2 aromatic carbocycles. The summed E-state index contributed by atoms with van der Waals surface area (Å²) in [6.07, 6.45) is 0.0249. The first kappa shape index (κ1) is 20.1. The molecule has 0 aliphatic rings. The number of amides is 2. The minimum atomic E-state index is -0.534. The molecule has 0 fully saturated rings. The van der Waals surface area contributed by atoms with Gasteiger partial charge in [-0.05, 0) is 30.3 Å². The molecule has 0 aliphatic heterocycles. The average Bonchev–Trinajstić information content (AvgIpc) is 3.15. The molecule has 0 spiro atoms. The fraction of sp³-hybridized carbons (Fsp3) is 0.105. The summed E-state index contributed by atoms with van der Waals surface area (Å²) in [5.74, 6) is -0.585. The molecule has 2 amide bonds. The first-order chi connectivity index (χ1) is 13.5. The van der Waals surface area contributed by atoms with E-state index in [1.165, 1.54) is 24.5 Å². The number of nitrogens with zero attached hydrogens (tertiary/aromatic N) is 1. The number of hydrazine groups is 1. The maximum atomic E-state index is 12.3. The molecule has 0 saturated heterocycles. The van der Waals surface area contributed by atoms with E-state index in [0.29, 0.717) is 21.5 Å². The minimum absolute atomic E-state index is 0.0249. The van der Waals surface area contributed by atoms with E-state index in [1.807, 2.05) is 12.1 Å². The van der Waals surface area contributed by atoms with Crippen LogP contribution < -0.4 is 15.6 Å². The number of carbonyl (C=O) groups excluding carboxylic acids is 2. The Morgan fingerprint density at radius 3 is 2.50 bits per heavy atom. The van der Waals surface area contributed by atoms with E-state index in [1.54, 1.807) is 29.6 Å². The summed E-state index contributed by atoms with van der Waals surface area (Å²) < 4.78 is 5.13. The van der Waals surface area contributed by atoms with Gasteiger partial charge in [0, 0.05) is 21.0 Å².